The van der Waals surface area contributed by atoms with E-state index in [1.165, 1.54) is 7.11 Å². The Bertz CT molecular complexity index is 450. The maximum Gasteiger partial charge on any atom is 0.338 e. The van der Waals surface area contributed by atoms with Gasteiger partial charge in [-0.2, -0.15) is 0 Å². The lowest BCUT2D eigenvalue weighted by Gasteiger charge is -2.30. The Labute approximate surface area is 119 Å². The summed E-state index contributed by atoms with van der Waals surface area (Å²) >= 11 is 0. The summed E-state index contributed by atoms with van der Waals surface area (Å²) in [5.74, 6) is -0.295. The molecule has 1 N–H and O–H groups in total. The number of rotatable bonds is 5. The second-order valence-electron chi connectivity index (χ2n) is 5.03. The molecule has 0 bridgehead atoms. The van der Waals surface area contributed by atoms with Crippen molar-refractivity contribution in [2.45, 2.75) is 12.6 Å². The third-order valence-electron chi connectivity index (χ3n) is 3.45. The summed E-state index contributed by atoms with van der Waals surface area (Å²) in [6.07, 6.45) is 0.207. The lowest BCUT2D eigenvalue weighted by Crippen LogP contribution is -2.44. The minimum atomic E-state index is -0.295. The smallest absolute Gasteiger partial charge is 0.338 e. The van der Waals surface area contributed by atoms with E-state index in [0.29, 0.717) is 12.1 Å². The summed E-state index contributed by atoms with van der Waals surface area (Å²) in [6, 6.07) is 7.49. The van der Waals surface area contributed by atoms with Crippen molar-refractivity contribution >= 4 is 5.97 Å². The van der Waals surface area contributed by atoms with Gasteiger partial charge in [-0.1, -0.05) is 18.2 Å². The van der Waals surface area contributed by atoms with E-state index in [9.17, 15) is 4.79 Å². The van der Waals surface area contributed by atoms with E-state index in [1.807, 2.05) is 18.2 Å². The van der Waals surface area contributed by atoms with E-state index in [-0.39, 0.29) is 12.1 Å². The second kappa shape index (κ2) is 7.38. The molecular weight excluding hydrogens is 256 g/mol. The largest absolute Gasteiger partial charge is 0.465 e. The number of carbonyl (C=O) groups is 1. The van der Waals surface area contributed by atoms with Crippen molar-refractivity contribution in [3.05, 3.63) is 35.4 Å². The first-order valence-corrected chi connectivity index (χ1v) is 6.88. The molecule has 20 heavy (non-hydrogen) atoms. The molecule has 0 amide bonds. The quantitative estimate of drug-likeness (QED) is 0.811. The predicted octanol–water partition coefficient (Wildman–Crippen LogP) is 0.893. The van der Waals surface area contributed by atoms with Gasteiger partial charge in [-0.05, 0) is 18.7 Å². The van der Waals surface area contributed by atoms with Crippen LogP contribution in [0, 0.1) is 0 Å². The van der Waals surface area contributed by atoms with Gasteiger partial charge >= 0.3 is 5.97 Å². The van der Waals surface area contributed by atoms with Crippen LogP contribution in [0.1, 0.15) is 15.9 Å². The highest BCUT2D eigenvalue weighted by molar-refractivity contribution is 5.90. The van der Waals surface area contributed by atoms with Crippen LogP contribution in [0.3, 0.4) is 0 Å². The van der Waals surface area contributed by atoms with Gasteiger partial charge < -0.3 is 19.7 Å². The van der Waals surface area contributed by atoms with Crippen molar-refractivity contribution in [2.75, 3.05) is 40.4 Å². The lowest BCUT2D eigenvalue weighted by molar-refractivity contribution is -0.0182. The van der Waals surface area contributed by atoms with Gasteiger partial charge in [0.1, 0.15) is 0 Å². The van der Waals surface area contributed by atoms with Gasteiger partial charge in [0.15, 0.2) is 0 Å². The minimum Gasteiger partial charge on any atom is -0.465 e. The van der Waals surface area contributed by atoms with Crippen LogP contribution >= 0.6 is 0 Å². The molecule has 0 aromatic heterocycles. The maximum atomic E-state index is 11.7. The molecule has 110 valence electrons. The van der Waals surface area contributed by atoms with Crippen LogP contribution < -0.4 is 5.32 Å². The molecule has 0 spiro atoms. The molecule has 1 aliphatic rings. The Hall–Kier alpha value is -1.43. The van der Waals surface area contributed by atoms with Crippen molar-refractivity contribution in [1.29, 1.82) is 0 Å². The molecule has 1 atom stereocenters. The summed E-state index contributed by atoms with van der Waals surface area (Å²) in [5.41, 5.74) is 1.56. The molecule has 0 saturated carbocycles. The maximum absolute atomic E-state index is 11.7. The average molecular weight is 278 g/mol. The number of ether oxygens (including phenoxy) is 2. The molecule has 5 heteroatoms. The lowest BCUT2D eigenvalue weighted by atomic mass is 10.1. The van der Waals surface area contributed by atoms with Crippen molar-refractivity contribution in [1.82, 2.24) is 10.2 Å². The summed E-state index contributed by atoms with van der Waals surface area (Å²) in [7, 11) is 3.50. The van der Waals surface area contributed by atoms with Crippen molar-refractivity contribution in [3.63, 3.8) is 0 Å². The van der Waals surface area contributed by atoms with Gasteiger partial charge in [0.2, 0.25) is 0 Å². The van der Waals surface area contributed by atoms with E-state index in [2.05, 4.69) is 17.3 Å². The zero-order valence-corrected chi connectivity index (χ0v) is 12.1. The molecule has 1 fully saturated rings. The van der Waals surface area contributed by atoms with Crippen LogP contribution in [-0.2, 0) is 16.0 Å². The van der Waals surface area contributed by atoms with Gasteiger partial charge in [0.25, 0.3) is 0 Å². The van der Waals surface area contributed by atoms with Crippen LogP contribution in [-0.4, -0.2) is 57.4 Å². The summed E-state index contributed by atoms with van der Waals surface area (Å²) in [4.78, 5) is 13.9. The summed E-state index contributed by atoms with van der Waals surface area (Å²) in [5, 5.41) is 3.35. The van der Waals surface area contributed by atoms with Gasteiger partial charge in [0, 0.05) is 26.2 Å². The number of nitrogens with one attached hydrogen (secondary N) is 1. The van der Waals surface area contributed by atoms with Crippen molar-refractivity contribution < 1.29 is 14.3 Å². The normalized spacial score (nSPS) is 19.8. The molecule has 1 aliphatic heterocycles. The summed E-state index contributed by atoms with van der Waals surface area (Å²) in [6.45, 7) is 4.11. The fraction of sp³-hybridized carbons (Fsp3) is 0.533. The first-order chi connectivity index (χ1) is 9.70. The SMILES string of the molecule is COC(=O)c1ccccc1CNCC1CN(C)CCO1. The monoisotopic (exact) mass is 278 g/mol. The van der Waals surface area contributed by atoms with E-state index in [0.717, 1.165) is 31.8 Å². The number of morpholine rings is 1. The Kier molecular flexibility index (Phi) is 5.52. The minimum absolute atomic E-state index is 0.207. The average Bonchev–Trinajstić information content (AvgIpc) is 2.47. The van der Waals surface area contributed by atoms with Crippen LogP contribution in [0.4, 0.5) is 0 Å². The number of esters is 1. The van der Waals surface area contributed by atoms with Crippen LogP contribution in [0.2, 0.25) is 0 Å². The molecule has 1 unspecified atom stereocenters. The second-order valence-corrected chi connectivity index (χ2v) is 5.03. The molecule has 0 aliphatic carbocycles. The van der Waals surface area contributed by atoms with Gasteiger partial charge in [-0.3, -0.25) is 0 Å². The fourth-order valence-corrected chi connectivity index (χ4v) is 2.34. The molecule has 5 nitrogen and oxygen atoms in total. The number of hydrogen-bond donors (Lipinski definition) is 1. The molecule has 0 radical (unpaired) electrons. The Balaban J connectivity index is 1.86. The van der Waals surface area contributed by atoms with Crippen LogP contribution in [0.5, 0.6) is 0 Å². The molecule has 1 aromatic rings. The Morgan fingerprint density at radius 3 is 3.05 bits per heavy atom. The fourth-order valence-electron chi connectivity index (χ4n) is 2.34. The molecular formula is C15H22N2O3. The first kappa shape index (κ1) is 15.0. The van der Waals surface area contributed by atoms with Gasteiger partial charge in [0.05, 0.1) is 25.4 Å². The highest BCUT2D eigenvalue weighted by atomic mass is 16.5. The van der Waals surface area contributed by atoms with E-state index in [4.69, 9.17) is 9.47 Å². The number of hydrogen-bond acceptors (Lipinski definition) is 5. The van der Waals surface area contributed by atoms with E-state index in [1.54, 1.807) is 6.07 Å². The zero-order valence-electron chi connectivity index (χ0n) is 12.1. The number of benzene rings is 1. The zero-order chi connectivity index (χ0) is 14.4. The molecule has 1 aromatic carbocycles. The third-order valence-corrected chi connectivity index (χ3v) is 3.45. The van der Waals surface area contributed by atoms with Gasteiger partial charge in [-0.15, -0.1) is 0 Å². The van der Waals surface area contributed by atoms with Gasteiger partial charge in [-0.25, -0.2) is 4.79 Å². The van der Waals surface area contributed by atoms with Crippen molar-refractivity contribution in [2.24, 2.45) is 0 Å². The summed E-state index contributed by atoms with van der Waals surface area (Å²) < 4.78 is 10.5. The molecule has 1 saturated heterocycles. The van der Waals surface area contributed by atoms with Crippen molar-refractivity contribution in [3.8, 4) is 0 Å². The first-order valence-electron chi connectivity index (χ1n) is 6.88. The van der Waals surface area contributed by atoms with Crippen LogP contribution in [0.25, 0.3) is 0 Å². The predicted molar refractivity (Wildman–Crippen MR) is 76.7 cm³/mol. The molecule has 1 heterocycles. The van der Waals surface area contributed by atoms with E-state index < -0.39 is 0 Å². The molecule has 2 rings (SSSR count). The number of likely N-dealkylation sites (N-methyl/N-ethyl adjacent to an activating group) is 1. The number of nitrogens with zero attached hydrogens (tertiary/aromatic N) is 1. The highest BCUT2D eigenvalue weighted by Gasteiger charge is 2.17. The third kappa shape index (κ3) is 4.03. The Morgan fingerprint density at radius 1 is 1.50 bits per heavy atom. The van der Waals surface area contributed by atoms with E-state index >= 15 is 0 Å². The number of carbonyl (C=O) groups excluding carboxylic acids is 1. The number of methoxy groups -OCH3 is 1. The highest BCUT2D eigenvalue weighted by Crippen LogP contribution is 2.10. The topological polar surface area (TPSA) is 50.8 Å². The Morgan fingerprint density at radius 2 is 2.30 bits per heavy atom. The van der Waals surface area contributed by atoms with Crippen LogP contribution in [0.15, 0.2) is 24.3 Å². The standard InChI is InChI=1S/C15H22N2O3/c1-17-7-8-20-13(11-17)10-16-9-12-5-3-4-6-14(12)15(18)19-2/h3-6,13,16H,7-11H2,1-2H3.